The summed E-state index contributed by atoms with van der Waals surface area (Å²) in [4.78, 5) is 2.06. The number of nitrogens with one attached hydrogen (secondary N) is 1. The van der Waals surface area contributed by atoms with Crippen LogP contribution >= 0.6 is 0 Å². The molecule has 3 atom stereocenters. The molecule has 0 saturated carbocycles. The van der Waals surface area contributed by atoms with Gasteiger partial charge in [-0.2, -0.15) is 5.10 Å². The molecule has 26 heavy (non-hydrogen) atoms. The maximum absolute atomic E-state index is 10.5. The summed E-state index contributed by atoms with van der Waals surface area (Å²) in [6.45, 7) is 5.80. The van der Waals surface area contributed by atoms with Crippen LogP contribution in [0.25, 0.3) is 0 Å². The molecule has 0 unspecified atom stereocenters. The number of hydrogen-bond donors (Lipinski definition) is 3. The van der Waals surface area contributed by atoms with Gasteiger partial charge in [-0.05, 0) is 45.6 Å². The number of anilines is 1. The molecule has 2 rings (SSSR count). The molecule has 144 valence electrons. The van der Waals surface area contributed by atoms with Crippen LogP contribution in [0.5, 0.6) is 5.75 Å². The number of ether oxygens (including phenoxy) is 1. The van der Waals surface area contributed by atoms with Gasteiger partial charge in [0.15, 0.2) is 0 Å². The van der Waals surface area contributed by atoms with Crippen molar-refractivity contribution in [2.45, 2.75) is 38.6 Å². The van der Waals surface area contributed by atoms with Gasteiger partial charge in [0.25, 0.3) is 0 Å². The van der Waals surface area contributed by atoms with Crippen LogP contribution in [0.15, 0.2) is 36.5 Å². The molecular formula is C19H30N4O3. The van der Waals surface area contributed by atoms with E-state index in [9.17, 15) is 10.2 Å². The molecule has 7 nitrogen and oxygen atoms in total. The molecule has 0 aliphatic heterocycles. The fraction of sp³-hybridized carbons (Fsp3) is 0.526. The summed E-state index contributed by atoms with van der Waals surface area (Å²) in [5.41, 5.74) is 0.851. The zero-order chi connectivity index (χ0) is 19.1. The fourth-order valence-corrected chi connectivity index (χ4v) is 2.54. The predicted molar refractivity (Wildman–Crippen MR) is 102 cm³/mol. The molecule has 0 fully saturated rings. The molecule has 0 aliphatic rings. The molecule has 7 heteroatoms. The van der Waals surface area contributed by atoms with E-state index in [-0.39, 0.29) is 0 Å². The van der Waals surface area contributed by atoms with Crippen molar-refractivity contribution in [2.75, 3.05) is 32.6 Å². The molecule has 1 aromatic heterocycles. The molecule has 2 aromatic rings. The molecule has 0 aliphatic carbocycles. The van der Waals surface area contributed by atoms with Gasteiger partial charge in [0.2, 0.25) is 0 Å². The highest BCUT2D eigenvalue weighted by Crippen LogP contribution is 2.26. The second kappa shape index (κ2) is 9.56. The van der Waals surface area contributed by atoms with Crippen molar-refractivity contribution in [1.82, 2.24) is 14.7 Å². The third-order valence-electron chi connectivity index (χ3n) is 4.15. The van der Waals surface area contributed by atoms with Crippen molar-refractivity contribution in [3.63, 3.8) is 0 Å². The Labute approximate surface area is 155 Å². The molecular weight excluding hydrogens is 332 g/mol. The van der Waals surface area contributed by atoms with Crippen LogP contribution in [0.2, 0.25) is 0 Å². The number of aliphatic hydroxyl groups is 2. The van der Waals surface area contributed by atoms with Gasteiger partial charge < -0.3 is 25.2 Å². The topological polar surface area (TPSA) is 82.8 Å². The van der Waals surface area contributed by atoms with Crippen molar-refractivity contribution in [3.05, 3.63) is 42.1 Å². The normalized spacial score (nSPS) is 14.9. The van der Waals surface area contributed by atoms with Crippen LogP contribution < -0.4 is 10.1 Å². The van der Waals surface area contributed by atoms with Gasteiger partial charge in [0.1, 0.15) is 24.3 Å². The second-order valence-electron chi connectivity index (χ2n) is 6.63. The van der Waals surface area contributed by atoms with Gasteiger partial charge in [-0.3, -0.25) is 4.68 Å². The van der Waals surface area contributed by atoms with Gasteiger partial charge in [-0.1, -0.05) is 12.1 Å². The minimum atomic E-state index is -0.970. The van der Waals surface area contributed by atoms with E-state index in [4.69, 9.17) is 4.74 Å². The van der Waals surface area contributed by atoms with E-state index >= 15 is 0 Å². The van der Waals surface area contributed by atoms with E-state index in [0.29, 0.717) is 12.4 Å². The van der Waals surface area contributed by atoms with Crippen LogP contribution in [-0.2, 0) is 6.54 Å². The average molecular weight is 362 g/mol. The Kier molecular flexibility index (Phi) is 7.44. The predicted octanol–water partition coefficient (Wildman–Crippen LogP) is 1.74. The van der Waals surface area contributed by atoms with E-state index in [0.717, 1.165) is 24.4 Å². The summed E-state index contributed by atoms with van der Waals surface area (Å²) in [7, 11) is 4.00. The van der Waals surface area contributed by atoms with E-state index in [1.807, 2.05) is 57.5 Å². The van der Waals surface area contributed by atoms with Gasteiger partial charge in [-0.25, -0.2) is 0 Å². The number of likely N-dealkylation sites (N-methyl/N-ethyl adjacent to an activating group) is 1. The number of aromatic nitrogens is 2. The van der Waals surface area contributed by atoms with Crippen molar-refractivity contribution in [3.8, 4) is 5.75 Å². The van der Waals surface area contributed by atoms with Crippen LogP contribution in [0.1, 0.15) is 25.5 Å². The largest absolute Gasteiger partial charge is 0.492 e. The van der Waals surface area contributed by atoms with Crippen LogP contribution in [0.4, 0.5) is 5.82 Å². The first-order chi connectivity index (χ1) is 12.4. The van der Waals surface area contributed by atoms with Gasteiger partial charge >= 0.3 is 0 Å². The molecule has 0 saturated heterocycles. The highest BCUT2D eigenvalue weighted by atomic mass is 16.5. The molecule has 0 amide bonds. The molecule has 1 heterocycles. The minimum absolute atomic E-state index is 0.481. The van der Waals surface area contributed by atoms with Crippen molar-refractivity contribution < 1.29 is 14.9 Å². The lowest BCUT2D eigenvalue weighted by Gasteiger charge is -2.26. The molecule has 0 bridgehead atoms. The van der Waals surface area contributed by atoms with Crippen molar-refractivity contribution in [1.29, 1.82) is 0 Å². The molecule has 3 N–H and O–H groups in total. The maximum atomic E-state index is 10.5. The smallest absolute Gasteiger partial charge is 0.148 e. The second-order valence-corrected chi connectivity index (χ2v) is 6.63. The first-order valence-corrected chi connectivity index (χ1v) is 8.94. The Morgan fingerprint density at radius 3 is 2.42 bits per heavy atom. The Hall–Kier alpha value is -2.09. The maximum Gasteiger partial charge on any atom is 0.148 e. The Bertz CT molecular complexity index is 655. The van der Waals surface area contributed by atoms with Gasteiger partial charge in [0.05, 0.1) is 12.1 Å². The third kappa shape index (κ3) is 5.72. The first kappa shape index (κ1) is 20.2. The lowest BCUT2D eigenvalue weighted by atomic mass is 9.98. The average Bonchev–Trinajstić information content (AvgIpc) is 3.07. The van der Waals surface area contributed by atoms with Gasteiger partial charge in [-0.15, -0.1) is 0 Å². The Morgan fingerprint density at radius 1 is 1.19 bits per heavy atom. The number of aliphatic hydroxyl groups excluding tert-OH is 2. The minimum Gasteiger partial charge on any atom is -0.492 e. The van der Waals surface area contributed by atoms with Crippen LogP contribution in [0, 0.1) is 0 Å². The monoisotopic (exact) mass is 362 g/mol. The van der Waals surface area contributed by atoms with Crippen LogP contribution in [0.3, 0.4) is 0 Å². The number of aryl methyl sites for hydroxylation is 1. The summed E-state index contributed by atoms with van der Waals surface area (Å²) in [6, 6.07) is 8.91. The molecule has 0 radical (unpaired) electrons. The fourth-order valence-electron chi connectivity index (χ4n) is 2.54. The van der Waals surface area contributed by atoms with E-state index in [2.05, 4.69) is 15.3 Å². The standard InChI is InChI=1S/C19H30N4O3/c1-5-23-11-10-17(21-23)20-18(19(25)14(2)24)15-6-8-16(9-7-15)26-13-12-22(3)4/h6-11,14,18-19,24-25H,5,12-13H2,1-4H3,(H,20,21)/t14-,18+,19+/m0/s1. The molecule has 0 spiro atoms. The number of hydrogen-bond acceptors (Lipinski definition) is 6. The summed E-state index contributed by atoms with van der Waals surface area (Å²) in [6.07, 6.45) is 0.0228. The summed E-state index contributed by atoms with van der Waals surface area (Å²) in [5.74, 6) is 1.43. The molecule has 1 aromatic carbocycles. The zero-order valence-corrected chi connectivity index (χ0v) is 16.0. The van der Waals surface area contributed by atoms with E-state index < -0.39 is 18.2 Å². The van der Waals surface area contributed by atoms with E-state index in [1.54, 1.807) is 11.6 Å². The zero-order valence-electron chi connectivity index (χ0n) is 16.0. The Balaban J connectivity index is 2.11. The van der Waals surface area contributed by atoms with Crippen molar-refractivity contribution >= 4 is 5.82 Å². The number of rotatable bonds is 10. The summed E-state index contributed by atoms with van der Waals surface area (Å²) >= 11 is 0. The number of nitrogens with zero attached hydrogens (tertiary/aromatic N) is 3. The van der Waals surface area contributed by atoms with Gasteiger partial charge in [0, 0.05) is 25.4 Å². The van der Waals surface area contributed by atoms with E-state index in [1.165, 1.54) is 0 Å². The van der Waals surface area contributed by atoms with Crippen LogP contribution in [-0.4, -0.2) is 64.3 Å². The third-order valence-corrected chi connectivity index (χ3v) is 4.15. The highest BCUT2D eigenvalue weighted by molar-refractivity contribution is 5.39. The Morgan fingerprint density at radius 2 is 1.88 bits per heavy atom. The lowest BCUT2D eigenvalue weighted by Crippen LogP contribution is -2.34. The summed E-state index contributed by atoms with van der Waals surface area (Å²) < 4.78 is 7.51. The first-order valence-electron chi connectivity index (χ1n) is 8.94. The number of benzene rings is 1. The lowest BCUT2D eigenvalue weighted by molar-refractivity contribution is 0.0189. The quantitative estimate of drug-likeness (QED) is 0.597. The highest BCUT2D eigenvalue weighted by Gasteiger charge is 2.26. The SMILES string of the molecule is CCn1ccc(N[C@H](c2ccc(OCCN(C)C)cc2)[C@H](O)[C@H](C)O)n1. The summed E-state index contributed by atoms with van der Waals surface area (Å²) in [5, 5.41) is 27.9. The van der Waals surface area contributed by atoms with Crippen molar-refractivity contribution in [2.24, 2.45) is 0 Å².